The van der Waals surface area contributed by atoms with Crippen LogP contribution in [0.1, 0.15) is 13.3 Å². The molecule has 0 radical (unpaired) electrons. The first kappa shape index (κ1) is 11.8. The highest BCUT2D eigenvalue weighted by Crippen LogP contribution is 2.10. The minimum atomic E-state index is -0.917. The molecule has 0 aromatic heterocycles. The molecule has 86 valence electrons. The Balaban J connectivity index is 2.56. The van der Waals surface area contributed by atoms with Crippen molar-refractivity contribution in [2.45, 2.75) is 19.4 Å². The molecule has 6 nitrogen and oxygen atoms in total. The Bertz CT molecular complexity index is 244. The van der Waals surface area contributed by atoms with E-state index in [0.717, 1.165) is 0 Å². The maximum absolute atomic E-state index is 11.6. The largest absolute Gasteiger partial charge is 0.481 e. The number of aliphatic carboxylic acids is 1. The summed E-state index contributed by atoms with van der Waals surface area (Å²) in [7, 11) is 0. The second-order valence-corrected chi connectivity index (χ2v) is 3.36. The second kappa shape index (κ2) is 5.55. The molecule has 1 unspecified atom stereocenters. The van der Waals surface area contributed by atoms with E-state index in [1.807, 2.05) is 6.92 Å². The fraction of sp³-hybridized carbons (Fsp3) is 0.778. The first-order valence-electron chi connectivity index (χ1n) is 4.99. The quantitative estimate of drug-likeness (QED) is 0.690. The van der Waals surface area contributed by atoms with Gasteiger partial charge in [-0.25, -0.2) is 4.79 Å². The van der Waals surface area contributed by atoms with Crippen LogP contribution >= 0.6 is 0 Å². The number of morpholine rings is 1. The minimum absolute atomic E-state index is 0.0723. The number of carboxylic acid groups (broad SMARTS) is 1. The Morgan fingerprint density at radius 2 is 2.33 bits per heavy atom. The summed E-state index contributed by atoms with van der Waals surface area (Å²) in [6, 6.07) is -0.574. The number of hydrogen-bond donors (Lipinski definition) is 2. The number of ether oxygens (including phenoxy) is 1. The molecule has 1 fully saturated rings. The summed E-state index contributed by atoms with van der Waals surface area (Å²) in [6.45, 7) is 3.57. The molecular weight excluding hydrogens is 200 g/mol. The Labute approximate surface area is 88.2 Å². The standard InChI is InChI=1S/C9H16N2O4/c1-2-10-9(14)11-3-4-15-6-7(11)5-8(12)13/h7H,2-6H2,1H3,(H,10,14)(H,12,13). The van der Waals surface area contributed by atoms with Crippen LogP contribution in [-0.2, 0) is 9.53 Å². The first-order chi connectivity index (χ1) is 7.15. The third-order valence-corrected chi connectivity index (χ3v) is 2.23. The summed E-state index contributed by atoms with van der Waals surface area (Å²) in [5.41, 5.74) is 0. The average Bonchev–Trinajstić information content (AvgIpc) is 2.18. The summed E-state index contributed by atoms with van der Waals surface area (Å²) < 4.78 is 5.16. The van der Waals surface area contributed by atoms with E-state index in [-0.39, 0.29) is 18.5 Å². The number of urea groups is 1. The third-order valence-electron chi connectivity index (χ3n) is 2.23. The third kappa shape index (κ3) is 3.39. The van der Waals surface area contributed by atoms with E-state index < -0.39 is 5.97 Å². The Morgan fingerprint density at radius 3 is 2.93 bits per heavy atom. The highest BCUT2D eigenvalue weighted by molar-refractivity contribution is 5.76. The van der Waals surface area contributed by atoms with Crippen LogP contribution < -0.4 is 5.32 Å². The topological polar surface area (TPSA) is 78.9 Å². The molecule has 0 aliphatic carbocycles. The highest BCUT2D eigenvalue weighted by Gasteiger charge is 2.28. The average molecular weight is 216 g/mol. The molecule has 15 heavy (non-hydrogen) atoms. The molecule has 0 aromatic rings. The summed E-state index contributed by atoms with van der Waals surface area (Å²) in [5.74, 6) is -0.917. The van der Waals surface area contributed by atoms with Gasteiger partial charge in [0, 0.05) is 13.1 Å². The Morgan fingerprint density at radius 1 is 1.60 bits per heavy atom. The molecule has 6 heteroatoms. The van der Waals surface area contributed by atoms with Gasteiger partial charge in [-0.3, -0.25) is 4.79 Å². The Hall–Kier alpha value is -1.30. The van der Waals surface area contributed by atoms with E-state index in [9.17, 15) is 9.59 Å². The van der Waals surface area contributed by atoms with Gasteiger partial charge in [0.1, 0.15) is 0 Å². The second-order valence-electron chi connectivity index (χ2n) is 3.36. The molecule has 2 N–H and O–H groups in total. The zero-order chi connectivity index (χ0) is 11.3. The van der Waals surface area contributed by atoms with Crippen molar-refractivity contribution in [3.8, 4) is 0 Å². The number of nitrogens with one attached hydrogen (secondary N) is 1. The van der Waals surface area contributed by atoms with Crippen LogP contribution in [0, 0.1) is 0 Å². The monoisotopic (exact) mass is 216 g/mol. The van der Waals surface area contributed by atoms with Gasteiger partial charge in [-0.2, -0.15) is 0 Å². The van der Waals surface area contributed by atoms with Gasteiger partial charge in [0.2, 0.25) is 0 Å². The lowest BCUT2D eigenvalue weighted by Gasteiger charge is -2.34. The van der Waals surface area contributed by atoms with Crippen molar-refractivity contribution in [1.82, 2.24) is 10.2 Å². The van der Waals surface area contributed by atoms with Crippen molar-refractivity contribution in [2.24, 2.45) is 0 Å². The van der Waals surface area contributed by atoms with Crippen molar-refractivity contribution in [1.29, 1.82) is 0 Å². The molecule has 1 rings (SSSR count). The number of rotatable bonds is 3. The molecule has 1 aliphatic heterocycles. The molecule has 1 aliphatic rings. The van der Waals surface area contributed by atoms with E-state index in [1.165, 1.54) is 4.90 Å². The van der Waals surface area contributed by atoms with Crippen molar-refractivity contribution in [3.05, 3.63) is 0 Å². The van der Waals surface area contributed by atoms with Crippen molar-refractivity contribution in [2.75, 3.05) is 26.3 Å². The van der Waals surface area contributed by atoms with E-state index in [4.69, 9.17) is 9.84 Å². The predicted octanol–water partition coefficient (Wildman–Crippen LogP) is -0.109. The van der Waals surface area contributed by atoms with Gasteiger partial charge in [0.15, 0.2) is 0 Å². The summed E-state index contributed by atoms with van der Waals surface area (Å²) in [4.78, 5) is 23.7. The van der Waals surface area contributed by atoms with Crippen molar-refractivity contribution >= 4 is 12.0 Å². The smallest absolute Gasteiger partial charge is 0.317 e. The molecule has 0 spiro atoms. The number of nitrogens with zero attached hydrogens (tertiary/aromatic N) is 1. The molecule has 1 saturated heterocycles. The zero-order valence-electron chi connectivity index (χ0n) is 8.73. The van der Waals surface area contributed by atoms with Crippen molar-refractivity contribution < 1.29 is 19.4 Å². The lowest BCUT2D eigenvalue weighted by molar-refractivity contribution is -0.139. The van der Waals surface area contributed by atoms with Gasteiger partial charge in [0.05, 0.1) is 25.7 Å². The normalized spacial score (nSPS) is 21.1. The van der Waals surface area contributed by atoms with Crippen LogP contribution in [0.2, 0.25) is 0 Å². The van der Waals surface area contributed by atoms with E-state index in [1.54, 1.807) is 0 Å². The maximum atomic E-state index is 11.6. The first-order valence-corrected chi connectivity index (χ1v) is 4.99. The van der Waals surface area contributed by atoms with Gasteiger partial charge in [-0.1, -0.05) is 0 Å². The van der Waals surface area contributed by atoms with Crippen LogP contribution in [-0.4, -0.2) is 54.4 Å². The van der Waals surface area contributed by atoms with Gasteiger partial charge >= 0.3 is 12.0 Å². The predicted molar refractivity (Wildman–Crippen MR) is 52.6 cm³/mol. The van der Waals surface area contributed by atoms with E-state index in [0.29, 0.717) is 26.3 Å². The van der Waals surface area contributed by atoms with E-state index >= 15 is 0 Å². The maximum Gasteiger partial charge on any atom is 0.317 e. The SMILES string of the molecule is CCNC(=O)N1CCOCC1CC(=O)O. The molecule has 1 heterocycles. The molecular formula is C9H16N2O4. The number of hydrogen-bond acceptors (Lipinski definition) is 3. The van der Waals surface area contributed by atoms with Gasteiger partial charge in [-0.05, 0) is 6.92 Å². The number of carbonyl (C=O) groups is 2. The van der Waals surface area contributed by atoms with Crippen LogP contribution in [0.4, 0.5) is 4.79 Å². The molecule has 2 amide bonds. The Kier molecular flexibility index (Phi) is 4.36. The van der Waals surface area contributed by atoms with E-state index in [2.05, 4.69) is 5.32 Å². The number of carbonyl (C=O) groups excluding carboxylic acids is 1. The van der Waals surface area contributed by atoms with Crippen LogP contribution in [0.25, 0.3) is 0 Å². The lowest BCUT2D eigenvalue weighted by atomic mass is 10.1. The van der Waals surface area contributed by atoms with Crippen LogP contribution in [0.5, 0.6) is 0 Å². The summed E-state index contributed by atoms with van der Waals surface area (Å²) in [6.07, 6.45) is -0.0723. The molecule has 1 atom stereocenters. The molecule has 0 saturated carbocycles. The zero-order valence-corrected chi connectivity index (χ0v) is 8.73. The lowest BCUT2D eigenvalue weighted by Crippen LogP contribution is -2.53. The van der Waals surface area contributed by atoms with Crippen LogP contribution in [0.15, 0.2) is 0 Å². The van der Waals surface area contributed by atoms with Crippen LogP contribution in [0.3, 0.4) is 0 Å². The van der Waals surface area contributed by atoms with Gasteiger partial charge < -0.3 is 20.1 Å². The summed E-state index contributed by atoms with van der Waals surface area (Å²) in [5, 5.41) is 11.3. The highest BCUT2D eigenvalue weighted by atomic mass is 16.5. The van der Waals surface area contributed by atoms with Gasteiger partial charge in [0.25, 0.3) is 0 Å². The van der Waals surface area contributed by atoms with Crippen molar-refractivity contribution in [3.63, 3.8) is 0 Å². The molecule has 0 bridgehead atoms. The molecule has 0 aromatic carbocycles. The number of carboxylic acids is 1. The number of amides is 2. The van der Waals surface area contributed by atoms with Gasteiger partial charge in [-0.15, -0.1) is 0 Å². The summed E-state index contributed by atoms with van der Waals surface area (Å²) >= 11 is 0. The fourth-order valence-electron chi connectivity index (χ4n) is 1.55. The fourth-order valence-corrected chi connectivity index (χ4v) is 1.55. The minimum Gasteiger partial charge on any atom is -0.481 e.